The Morgan fingerprint density at radius 2 is 2.10 bits per heavy atom. The summed E-state index contributed by atoms with van der Waals surface area (Å²) < 4.78 is 16.9. The zero-order chi connectivity index (χ0) is 15.1. The second-order valence-electron chi connectivity index (χ2n) is 4.25. The molecule has 21 heavy (non-hydrogen) atoms. The maximum Gasteiger partial charge on any atom is 0.318 e. The van der Waals surface area contributed by atoms with E-state index in [4.69, 9.17) is 16.3 Å². The molecule has 112 valence electrons. The van der Waals surface area contributed by atoms with Crippen LogP contribution in [0.3, 0.4) is 0 Å². The minimum atomic E-state index is -0.939. The zero-order valence-corrected chi connectivity index (χ0v) is 13.2. The molecule has 0 unspecified atom stereocenters. The van der Waals surface area contributed by atoms with Crippen molar-refractivity contribution in [3.8, 4) is 6.01 Å². The minimum Gasteiger partial charge on any atom is -0.467 e. The van der Waals surface area contributed by atoms with Gasteiger partial charge in [-0.25, -0.2) is 4.98 Å². The molecule has 5 nitrogen and oxygen atoms in total. The Balaban J connectivity index is 1.83. The Labute approximate surface area is 131 Å². The molecule has 1 heterocycles. The number of rotatable bonds is 7. The number of nitrogens with zero attached hydrogens (tertiary/aromatic N) is 2. The van der Waals surface area contributed by atoms with Crippen LogP contribution in [-0.2, 0) is 16.6 Å². The summed E-state index contributed by atoms with van der Waals surface area (Å²) in [6, 6.07) is 10.0. The van der Waals surface area contributed by atoms with Crippen LogP contribution in [0.15, 0.2) is 36.5 Å². The molecule has 0 radical (unpaired) electrons. The van der Waals surface area contributed by atoms with Crippen molar-refractivity contribution in [1.82, 2.24) is 9.97 Å². The zero-order valence-electron chi connectivity index (χ0n) is 11.6. The molecule has 1 aromatic carbocycles. The molecule has 0 spiro atoms. The molecule has 2 rings (SSSR count). The molecule has 1 N–H and O–H groups in total. The van der Waals surface area contributed by atoms with Crippen LogP contribution in [0.1, 0.15) is 5.56 Å². The lowest BCUT2D eigenvalue weighted by molar-refractivity contribution is 0.380. The van der Waals surface area contributed by atoms with Crippen LogP contribution in [0.2, 0.25) is 5.02 Å². The lowest BCUT2D eigenvalue weighted by atomic mass is 10.2. The maximum atomic E-state index is 12.0. The predicted molar refractivity (Wildman–Crippen MR) is 85.2 cm³/mol. The Bertz CT molecular complexity index is 610. The molecule has 0 amide bonds. The van der Waals surface area contributed by atoms with Crippen molar-refractivity contribution in [2.75, 3.05) is 24.7 Å². The van der Waals surface area contributed by atoms with Crippen LogP contribution in [0.4, 0.5) is 5.82 Å². The van der Waals surface area contributed by atoms with Crippen molar-refractivity contribution in [3.63, 3.8) is 0 Å². The van der Waals surface area contributed by atoms with Crippen molar-refractivity contribution < 1.29 is 8.95 Å². The molecule has 0 aliphatic carbocycles. The number of benzene rings is 1. The molecule has 0 bridgehead atoms. The van der Waals surface area contributed by atoms with Crippen LogP contribution in [-0.4, -0.2) is 33.6 Å². The summed E-state index contributed by atoms with van der Waals surface area (Å²) in [5.74, 6) is 1.54. The van der Waals surface area contributed by atoms with Gasteiger partial charge in [0.2, 0.25) is 0 Å². The number of ether oxygens (including phenoxy) is 1. The predicted octanol–water partition coefficient (Wildman–Crippen LogP) is 2.50. The Hall–Kier alpha value is -1.66. The summed E-state index contributed by atoms with van der Waals surface area (Å²) in [5.41, 5.74) is 1.07. The lowest BCUT2D eigenvalue weighted by Gasteiger charge is -2.08. The van der Waals surface area contributed by atoms with Crippen molar-refractivity contribution in [2.24, 2.45) is 0 Å². The number of hydrogen-bond donors (Lipinski definition) is 1. The summed E-state index contributed by atoms with van der Waals surface area (Å²) >= 11 is 5.98. The molecule has 1 atom stereocenters. The van der Waals surface area contributed by atoms with Gasteiger partial charge in [0.15, 0.2) is 5.82 Å². The summed E-state index contributed by atoms with van der Waals surface area (Å²) in [7, 11) is 0.549. The third kappa shape index (κ3) is 4.99. The van der Waals surface area contributed by atoms with Crippen molar-refractivity contribution >= 4 is 28.2 Å². The van der Waals surface area contributed by atoms with Crippen molar-refractivity contribution in [3.05, 3.63) is 47.1 Å². The second-order valence-corrected chi connectivity index (χ2v) is 6.24. The van der Waals surface area contributed by atoms with Crippen molar-refractivity contribution in [2.45, 2.75) is 5.75 Å². The molecular formula is C14H16ClN3O2S. The maximum absolute atomic E-state index is 12.0. The molecule has 0 aliphatic rings. The average molecular weight is 326 g/mol. The van der Waals surface area contributed by atoms with E-state index < -0.39 is 10.8 Å². The van der Waals surface area contributed by atoms with Gasteiger partial charge in [-0.15, -0.1) is 0 Å². The van der Waals surface area contributed by atoms with Crippen LogP contribution in [0.5, 0.6) is 6.01 Å². The summed E-state index contributed by atoms with van der Waals surface area (Å²) in [4.78, 5) is 7.99. The summed E-state index contributed by atoms with van der Waals surface area (Å²) in [6.07, 6.45) is 1.47. The minimum absolute atomic E-state index is 0.243. The molecule has 0 fully saturated rings. The van der Waals surface area contributed by atoms with E-state index in [1.165, 1.54) is 13.3 Å². The van der Waals surface area contributed by atoms with Crippen molar-refractivity contribution in [1.29, 1.82) is 0 Å². The largest absolute Gasteiger partial charge is 0.467 e. The summed E-state index contributed by atoms with van der Waals surface area (Å²) in [5, 5.41) is 3.46. The molecule has 1 aromatic heterocycles. The molecule has 0 saturated carbocycles. The standard InChI is InChI=1S/C14H16ClN3O2S/c1-20-14-17-9-12(15)13(18-14)16-7-8-21(19)10-11-5-3-2-4-6-11/h2-6,9H,7-8,10H2,1H3,(H,16,17,18)/t21-/m1/s1. The van der Waals surface area contributed by atoms with Gasteiger partial charge < -0.3 is 10.1 Å². The fourth-order valence-electron chi connectivity index (χ4n) is 1.69. The Morgan fingerprint density at radius 1 is 1.33 bits per heavy atom. The molecule has 0 saturated heterocycles. The van der Waals surface area contributed by atoms with Gasteiger partial charge in [0.25, 0.3) is 0 Å². The fourth-order valence-corrected chi connectivity index (χ4v) is 2.89. The number of halogens is 1. The van der Waals surface area contributed by atoms with Gasteiger partial charge in [0, 0.05) is 28.9 Å². The third-order valence-electron chi connectivity index (χ3n) is 2.70. The molecule has 7 heteroatoms. The monoisotopic (exact) mass is 325 g/mol. The van der Waals surface area contributed by atoms with Crippen LogP contribution in [0.25, 0.3) is 0 Å². The number of aromatic nitrogens is 2. The highest BCUT2D eigenvalue weighted by atomic mass is 35.5. The van der Waals surface area contributed by atoms with E-state index >= 15 is 0 Å². The van der Waals surface area contributed by atoms with E-state index in [9.17, 15) is 4.21 Å². The molecular weight excluding hydrogens is 310 g/mol. The van der Waals surface area contributed by atoms with Crippen LogP contribution in [0, 0.1) is 0 Å². The summed E-state index contributed by atoms with van der Waals surface area (Å²) in [6.45, 7) is 0.513. The van der Waals surface area contributed by atoms with Gasteiger partial charge in [-0.3, -0.25) is 4.21 Å². The van der Waals surface area contributed by atoms with Crippen LogP contribution >= 0.6 is 11.6 Å². The quantitative estimate of drug-likeness (QED) is 0.847. The van der Waals surface area contributed by atoms with Crippen LogP contribution < -0.4 is 10.1 Å². The van der Waals surface area contributed by atoms with Gasteiger partial charge in [0.05, 0.1) is 13.3 Å². The first-order valence-electron chi connectivity index (χ1n) is 6.38. The van der Waals surface area contributed by atoms with E-state index in [1.807, 2.05) is 30.3 Å². The Morgan fingerprint density at radius 3 is 2.81 bits per heavy atom. The van der Waals surface area contributed by atoms with Gasteiger partial charge in [-0.05, 0) is 5.56 Å². The van der Waals surface area contributed by atoms with Gasteiger partial charge in [-0.2, -0.15) is 4.98 Å². The van der Waals surface area contributed by atoms with E-state index in [-0.39, 0.29) is 6.01 Å². The normalized spacial score (nSPS) is 11.9. The van der Waals surface area contributed by atoms with Gasteiger partial charge in [-0.1, -0.05) is 41.9 Å². The van der Waals surface area contributed by atoms with E-state index in [1.54, 1.807) is 0 Å². The third-order valence-corrected chi connectivity index (χ3v) is 4.29. The highest BCUT2D eigenvalue weighted by molar-refractivity contribution is 7.84. The number of methoxy groups -OCH3 is 1. The number of anilines is 1. The lowest BCUT2D eigenvalue weighted by Crippen LogP contribution is -2.13. The molecule has 2 aromatic rings. The highest BCUT2D eigenvalue weighted by Gasteiger charge is 2.06. The first-order chi connectivity index (χ1) is 10.2. The number of hydrogen-bond acceptors (Lipinski definition) is 5. The smallest absolute Gasteiger partial charge is 0.318 e. The highest BCUT2D eigenvalue weighted by Crippen LogP contribution is 2.19. The van der Waals surface area contributed by atoms with E-state index in [0.717, 1.165) is 5.56 Å². The fraction of sp³-hybridized carbons (Fsp3) is 0.286. The van der Waals surface area contributed by atoms with E-state index in [0.29, 0.717) is 28.9 Å². The SMILES string of the molecule is COc1ncc(Cl)c(NCC[S@@](=O)Cc2ccccc2)n1. The topological polar surface area (TPSA) is 64.1 Å². The number of nitrogens with one attached hydrogen (secondary N) is 1. The second kappa shape index (κ2) is 7.95. The van der Waals surface area contributed by atoms with E-state index in [2.05, 4.69) is 15.3 Å². The van der Waals surface area contributed by atoms with Gasteiger partial charge >= 0.3 is 6.01 Å². The molecule has 0 aliphatic heterocycles. The average Bonchev–Trinajstić information content (AvgIpc) is 2.50. The first kappa shape index (κ1) is 15.7. The first-order valence-corrected chi connectivity index (χ1v) is 8.25. The van der Waals surface area contributed by atoms with Gasteiger partial charge in [0.1, 0.15) is 5.02 Å². The Kier molecular flexibility index (Phi) is 5.95.